The van der Waals surface area contributed by atoms with Gasteiger partial charge in [-0.25, -0.2) is 4.63 Å². The van der Waals surface area contributed by atoms with Crippen LogP contribution in [0.2, 0.25) is 0 Å². The first-order valence-electron chi connectivity index (χ1n) is 6.67. The molecule has 0 fully saturated rings. The molecule has 0 radical (unpaired) electrons. The maximum absolute atomic E-state index is 11.8. The monoisotopic (exact) mass is 273 g/mol. The van der Waals surface area contributed by atoms with Gasteiger partial charge >= 0.3 is 0 Å². The van der Waals surface area contributed by atoms with E-state index in [0.29, 0.717) is 23.9 Å². The smallest absolute Gasteiger partial charge is 0.225 e. The summed E-state index contributed by atoms with van der Waals surface area (Å²) in [7, 11) is 0. The van der Waals surface area contributed by atoms with E-state index in [1.165, 1.54) is 5.56 Å². The van der Waals surface area contributed by atoms with Crippen LogP contribution in [-0.4, -0.2) is 16.2 Å². The Bertz CT molecular complexity index is 617. The zero-order valence-corrected chi connectivity index (χ0v) is 12.2. The Balaban J connectivity index is 2.24. The number of hydrogen-bond acceptors (Lipinski definition) is 4. The van der Waals surface area contributed by atoms with E-state index in [1.54, 1.807) is 0 Å². The number of anilines is 1. The molecule has 1 N–H and O–H groups in total. The van der Waals surface area contributed by atoms with Crippen LogP contribution in [0.15, 0.2) is 22.8 Å². The number of benzene rings is 1. The molecular weight excluding hydrogens is 254 g/mol. The number of carbonyl (C=O) groups is 1. The fraction of sp³-hybridized carbons (Fsp3) is 0.400. The summed E-state index contributed by atoms with van der Waals surface area (Å²) in [5.41, 5.74) is 3.81. The third-order valence-corrected chi connectivity index (χ3v) is 3.12. The number of aryl methyl sites for hydroxylation is 2. The van der Waals surface area contributed by atoms with Gasteiger partial charge in [0.1, 0.15) is 0 Å². The van der Waals surface area contributed by atoms with E-state index in [1.807, 2.05) is 45.9 Å². The number of hydrogen-bond donors (Lipinski definition) is 1. The third kappa shape index (κ3) is 3.23. The molecule has 0 atom stereocenters. The van der Waals surface area contributed by atoms with Crippen LogP contribution in [0.3, 0.4) is 0 Å². The molecule has 2 rings (SSSR count). The maximum Gasteiger partial charge on any atom is 0.225 e. The lowest BCUT2D eigenvalue weighted by Crippen LogP contribution is -2.14. The number of nitrogens with zero attached hydrogens (tertiary/aromatic N) is 2. The van der Waals surface area contributed by atoms with Crippen molar-refractivity contribution in [2.45, 2.75) is 34.1 Å². The number of carbonyl (C=O) groups excluding carboxylic acids is 1. The van der Waals surface area contributed by atoms with Gasteiger partial charge in [-0.3, -0.25) is 4.79 Å². The van der Waals surface area contributed by atoms with Gasteiger partial charge in [0.05, 0.1) is 0 Å². The van der Waals surface area contributed by atoms with Crippen molar-refractivity contribution in [2.24, 2.45) is 5.92 Å². The van der Waals surface area contributed by atoms with Crippen molar-refractivity contribution in [3.63, 3.8) is 0 Å². The van der Waals surface area contributed by atoms with Gasteiger partial charge < -0.3 is 5.32 Å². The van der Waals surface area contributed by atoms with Crippen molar-refractivity contribution < 1.29 is 9.42 Å². The fourth-order valence-corrected chi connectivity index (χ4v) is 1.90. The molecule has 5 heteroatoms. The molecule has 0 bridgehead atoms. The lowest BCUT2D eigenvalue weighted by Gasteiger charge is -2.06. The van der Waals surface area contributed by atoms with E-state index in [4.69, 9.17) is 4.63 Å². The Morgan fingerprint density at radius 1 is 1.25 bits per heavy atom. The van der Waals surface area contributed by atoms with Gasteiger partial charge in [0, 0.05) is 12.0 Å². The molecule has 0 saturated carbocycles. The van der Waals surface area contributed by atoms with Crippen LogP contribution in [0.25, 0.3) is 11.3 Å². The molecule has 20 heavy (non-hydrogen) atoms. The Labute approximate surface area is 118 Å². The highest BCUT2D eigenvalue weighted by Crippen LogP contribution is 2.26. The van der Waals surface area contributed by atoms with Crippen LogP contribution >= 0.6 is 0 Å². The lowest BCUT2D eigenvalue weighted by atomic mass is 10.0. The highest BCUT2D eigenvalue weighted by molar-refractivity contribution is 5.93. The van der Waals surface area contributed by atoms with E-state index in [9.17, 15) is 4.79 Å². The summed E-state index contributed by atoms with van der Waals surface area (Å²) in [5, 5.41) is 10.4. The Morgan fingerprint density at radius 2 is 2.00 bits per heavy atom. The predicted octanol–water partition coefficient (Wildman–Crippen LogP) is 3.34. The highest BCUT2D eigenvalue weighted by atomic mass is 16.6. The number of amides is 1. The zero-order valence-electron chi connectivity index (χ0n) is 12.2. The molecule has 0 aliphatic heterocycles. The first-order chi connectivity index (χ1) is 9.47. The zero-order chi connectivity index (χ0) is 14.7. The second kappa shape index (κ2) is 5.86. The number of rotatable bonds is 4. The van der Waals surface area contributed by atoms with Crippen molar-refractivity contribution in [1.29, 1.82) is 0 Å². The first kappa shape index (κ1) is 14.2. The minimum Gasteiger partial charge on any atom is -0.306 e. The summed E-state index contributed by atoms with van der Waals surface area (Å²) < 4.78 is 4.76. The largest absolute Gasteiger partial charge is 0.306 e. The van der Waals surface area contributed by atoms with Gasteiger partial charge in [-0.05, 0) is 47.3 Å². The molecule has 0 aliphatic rings. The molecule has 2 aromatic rings. The minimum absolute atomic E-state index is 0.0826. The topological polar surface area (TPSA) is 68.0 Å². The van der Waals surface area contributed by atoms with Crippen molar-refractivity contribution in [3.8, 4) is 11.3 Å². The van der Waals surface area contributed by atoms with E-state index in [2.05, 4.69) is 15.6 Å². The molecule has 106 valence electrons. The molecule has 0 saturated heterocycles. The average Bonchev–Trinajstić information content (AvgIpc) is 2.79. The van der Waals surface area contributed by atoms with Gasteiger partial charge in [-0.1, -0.05) is 26.0 Å². The minimum atomic E-state index is -0.0826. The Morgan fingerprint density at radius 3 is 2.65 bits per heavy atom. The number of nitrogens with one attached hydrogen (secondary N) is 1. The number of aromatic nitrogens is 2. The van der Waals surface area contributed by atoms with Gasteiger partial charge in [-0.15, -0.1) is 0 Å². The molecule has 1 aromatic heterocycles. The Kier molecular flexibility index (Phi) is 4.17. The standard InChI is InChI=1S/C15H19N3O2/c1-9(2)7-13(19)16-15-14(17-20-18-15)12-6-5-10(3)11(4)8-12/h5-6,8-9H,7H2,1-4H3,(H,16,18,19). The second-order valence-electron chi connectivity index (χ2n) is 5.41. The van der Waals surface area contributed by atoms with Crippen LogP contribution in [0.4, 0.5) is 5.82 Å². The normalized spacial score (nSPS) is 10.8. The van der Waals surface area contributed by atoms with E-state index < -0.39 is 0 Å². The molecule has 1 aromatic carbocycles. The SMILES string of the molecule is Cc1ccc(-c2nonc2NC(=O)CC(C)C)cc1C. The summed E-state index contributed by atoms with van der Waals surface area (Å²) >= 11 is 0. The van der Waals surface area contributed by atoms with E-state index in [-0.39, 0.29) is 5.91 Å². The van der Waals surface area contributed by atoms with Crippen molar-refractivity contribution in [3.05, 3.63) is 29.3 Å². The van der Waals surface area contributed by atoms with Crippen molar-refractivity contribution in [2.75, 3.05) is 5.32 Å². The molecule has 1 heterocycles. The summed E-state index contributed by atoms with van der Waals surface area (Å²) in [6.45, 7) is 8.06. The lowest BCUT2D eigenvalue weighted by molar-refractivity contribution is -0.116. The Hall–Kier alpha value is -2.17. The van der Waals surface area contributed by atoms with Gasteiger partial charge in [0.2, 0.25) is 11.7 Å². The van der Waals surface area contributed by atoms with Crippen LogP contribution < -0.4 is 5.32 Å². The van der Waals surface area contributed by atoms with Gasteiger partial charge in [-0.2, -0.15) is 0 Å². The van der Waals surface area contributed by atoms with Crippen molar-refractivity contribution in [1.82, 2.24) is 10.3 Å². The molecular formula is C15H19N3O2. The van der Waals surface area contributed by atoms with E-state index in [0.717, 1.165) is 11.1 Å². The van der Waals surface area contributed by atoms with Crippen LogP contribution in [0.1, 0.15) is 31.4 Å². The van der Waals surface area contributed by atoms with Crippen molar-refractivity contribution >= 4 is 11.7 Å². The predicted molar refractivity (Wildman–Crippen MR) is 77.3 cm³/mol. The van der Waals surface area contributed by atoms with Crippen LogP contribution in [-0.2, 0) is 4.79 Å². The molecule has 1 amide bonds. The summed E-state index contributed by atoms with van der Waals surface area (Å²) in [6, 6.07) is 5.96. The van der Waals surface area contributed by atoms with Crippen LogP contribution in [0.5, 0.6) is 0 Å². The molecule has 5 nitrogen and oxygen atoms in total. The summed E-state index contributed by atoms with van der Waals surface area (Å²) in [5.74, 6) is 0.583. The third-order valence-electron chi connectivity index (χ3n) is 3.12. The van der Waals surface area contributed by atoms with Gasteiger partial charge in [0.15, 0.2) is 5.69 Å². The molecule has 0 unspecified atom stereocenters. The molecule has 0 aliphatic carbocycles. The van der Waals surface area contributed by atoms with Gasteiger partial charge in [0.25, 0.3) is 0 Å². The van der Waals surface area contributed by atoms with Crippen LogP contribution in [0, 0.1) is 19.8 Å². The quantitative estimate of drug-likeness (QED) is 0.927. The first-order valence-corrected chi connectivity index (χ1v) is 6.67. The summed E-state index contributed by atoms with van der Waals surface area (Å²) in [6.07, 6.45) is 0.444. The van der Waals surface area contributed by atoms with E-state index >= 15 is 0 Å². The summed E-state index contributed by atoms with van der Waals surface area (Å²) in [4.78, 5) is 11.8. The second-order valence-corrected chi connectivity index (χ2v) is 5.41. The average molecular weight is 273 g/mol. The highest BCUT2D eigenvalue weighted by Gasteiger charge is 2.16. The molecule has 0 spiro atoms. The maximum atomic E-state index is 11.8. The fourth-order valence-electron chi connectivity index (χ4n) is 1.90.